The first kappa shape index (κ1) is 9.69. The maximum Gasteiger partial charge on any atom is 0.0341 e. The molecule has 0 heterocycles. The number of nitrogens with two attached hydrogens (primary N) is 1. The molecule has 0 saturated heterocycles. The Labute approximate surface area is 85.7 Å². The van der Waals surface area contributed by atoms with E-state index in [1.807, 2.05) is 0 Å². The summed E-state index contributed by atoms with van der Waals surface area (Å²) in [6.07, 6.45) is 1.13. The van der Waals surface area contributed by atoms with Crippen molar-refractivity contribution >= 4 is 0 Å². The van der Waals surface area contributed by atoms with Gasteiger partial charge < -0.3 is 10.6 Å². The van der Waals surface area contributed by atoms with E-state index in [-0.39, 0.29) is 6.04 Å². The molecule has 2 heteroatoms. The summed E-state index contributed by atoms with van der Waals surface area (Å²) in [4.78, 5) is 2.22. The minimum atomic E-state index is 0.230. The monoisotopic (exact) mass is 190 g/mol. The Balaban J connectivity index is 2.17. The number of nitrogens with zero attached hydrogens (tertiary/aromatic N) is 1. The van der Waals surface area contributed by atoms with E-state index in [4.69, 9.17) is 5.73 Å². The first-order chi connectivity index (χ1) is 6.68. The summed E-state index contributed by atoms with van der Waals surface area (Å²) in [6, 6.07) is 8.77. The van der Waals surface area contributed by atoms with E-state index in [1.165, 1.54) is 11.1 Å². The van der Waals surface area contributed by atoms with Crippen LogP contribution in [0.4, 0.5) is 0 Å². The maximum absolute atomic E-state index is 6.21. The molecule has 0 saturated carbocycles. The molecular formula is C12H18N2. The molecule has 2 N–H and O–H groups in total. The predicted molar refractivity (Wildman–Crippen MR) is 59.1 cm³/mol. The van der Waals surface area contributed by atoms with Gasteiger partial charge in [-0.05, 0) is 37.6 Å². The van der Waals surface area contributed by atoms with Crippen molar-refractivity contribution in [2.75, 3.05) is 20.6 Å². The van der Waals surface area contributed by atoms with E-state index < -0.39 is 0 Å². The Hall–Kier alpha value is -0.860. The lowest BCUT2D eigenvalue weighted by Gasteiger charge is -2.20. The molecule has 0 fully saturated rings. The van der Waals surface area contributed by atoms with Crippen molar-refractivity contribution in [3.05, 3.63) is 35.4 Å². The van der Waals surface area contributed by atoms with E-state index in [1.54, 1.807) is 0 Å². The molecule has 0 aliphatic heterocycles. The van der Waals surface area contributed by atoms with Crippen molar-refractivity contribution in [3.8, 4) is 0 Å². The molecule has 2 rings (SSSR count). The second-order valence-corrected chi connectivity index (χ2v) is 4.45. The van der Waals surface area contributed by atoms with Crippen LogP contribution in [-0.2, 0) is 6.42 Å². The van der Waals surface area contributed by atoms with E-state index in [2.05, 4.69) is 43.3 Å². The van der Waals surface area contributed by atoms with Crippen molar-refractivity contribution in [3.63, 3.8) is 0 Å². The first-order valence-electron chi connectivity index (χ1n) is 5.16. The lowest BCUT2D eigenvalue weighted by atomic mass is 10.0. The summed E-state index contributed by atoms with van der Waals surface area (Å²) < 4.78 is 0. The predicted octanol–water partition coefficient (Wildman–Crippen LogP) is 1.42. The summed E-state index contributed by atoms with van der Waals surface area (Å²) in [5.41, 5.74) is 9.00. The molecule has 1 aliphatic carbocycles. The van der Waals surface area contributed by atoms with Gasteiger partial charge in [0, 0.05) is 12.6 Å². The molecule has 0 aromatic heterocycles. The molecule has 0 spiro atoms. The Morgan fingerprint density at radius 1 is 1.36 bits per heavy atom. The number of hydrogen-bond donors (Lipinski definition) is 1. The molecule has 1 aromatic carbocycles. The van der Waals surface area contributed by atoms with Crippen LogP contribution in [0, 0.1) is 5.92 Å². The zero-order chi connectivity index (χ0) is 10.1. The zero-order valence-electron chi connectivity index (χ0n) is 8.90. The van der Waals surface area contributed by atoms with Crippen molar-refractivity contribution in [2.24, 2.45) is 11.7 Å². The highest BCUT2D eigenvalue weighted by molar-refractivity contribution is 5.35. The van der Waals surface area contributed by atoms with Crippen molar-refractivity contribution in [2.45, 2.75) is 12.5 Å². The standard InChI is InChI=1S/C12H18N2/c1-14(2)8-10-7-9-5-3-4-6-11(9)12(10)13/h3-6,10,12H,7-8,13H2,1-2H3. The normalized spacial score (nSPS) is 25.4. The van der Waals surface area contributed by atoms with Gasteiger partial charge >= 0.3 is 0 Å². The van der Waals surface area contributed by atoms with Crippen LogP contribution in [0.15, 0.2) is 24.3 Å². The van der Waals surface area contributed by atoms with Gasteiger partial charge in [0.15, 0.2) is 0 Å². The van der Waals surface area contributed by atoms with Gasteiger partial charge in [0.25, 0.3) is 0 Å². The van der Waals surface area contributed by atoms with Crippen molar-refractivity contribution < 1.29 is 0 Å². The third-order valence-corrected chi connectivity index (χ3v) is 3.00. The second kappa shape index (κ2) is 3.71. The van der Waals surface area contributed by atoms with Gasteiger partial charge in [-0.3, -0.25) is 0 Å². The van der Waals surface area contributed by atoms with Crippen LogP contribution in [0.25, 0.3) is 0 Å². The Morgan fingerprint density at radius 2 is 2.07 bits per heavy atom. The summed E-state index contributed by atoms with van der Waals surface area (Å²) >= 11 is 0. The third-order valence-electron chi connectivity index (χ3n) is 3.00. The van der Waals surface area contributed by atoms with Crippen LogP contribution >= 0.6 is 0 Å². The van der Waals surface area contributed by atoms with Gasteiger partial charge in [0.1, 0.15) is 0 Å². The van der Waals surface area contributed by atoms with Crippen LogP contribution in [0.1, 0.15) is 17.2 Å². The fraction of sp³-hybridized carbons (Fsp3) is 0.500. The Morgan fingerprint density at radius 3 is 2.71 bits per heavy atom. The molecule has 0 amide bonds. The van der Waals surface area contributed by atoms with E-state index in [0.717, 1.165) is 13.0 Å². The van der Waals surface area contributed by atoms with E-state index in [0.29, 0.717) is 5.92 Å². The summed E-state index contributed by atoms with van der Waals surface area (Å²) in [6.45, 7) is 1.08. The van der Waals surface area contributed by atoms with Gasteiger partial charge in [0.2, 0.25) is 0 Å². The number of fused-ring (bicyclic) bond motifs is 1. The molecule has 2 atom stereocenters. The van der Waals surface area contributed by atoms with E-state index >= 15 is 0 Å². The van der Waals surface area contributed by atoms with Crippen molar-refractivity contribution in [1.29, 1.82) is 0 Å². The summed E-state index contributed by atoms with van der Waals surface area (Å²) in [5.74, 6) is 0.586. The van der Waals surface area contributed by atoms with Gasteiger partial charge in [-0.15, -0.1) is 0 Å². The molecule has 14 heavy (non-hydrogen) atoms. The van der Waals surface area contributed by atoms with Crippen LogP contribution in [0.2, 0.25) is 0 Å². The van der Waals surface area contributed by atoms with Gasteiger partial charge in [-0.1, -0.05) is 24.3 Å². The van der Waals surface area contributed by atoms with Gasteiger partial charge in [-0.25, -0.2) is 0 Å². The number of rotatable bonds is 2. The fourth-order valence-corrected chi connectivity index (χ4v) is 2.36. The van der Waals surface area contributed by atoms with Crippen LogP contribution in [0.5, 0.6) is 0 Å². The smallest absolute Gasteiger partial charge is 0.0341 e. The molecule has 1 aliphatic rings. The molecule has 0 radical (unpaired) electrons. The lowest BCUT2D eigenvalue weighted by molar-refractivity contribution is 0.304. The SMILES string of the molecule is CN(C)CC1Cc2ccccc2C1N. The maximum atomic E-state index is 6.21. The third kappa shape index (κ3) is 1.68. The Kier molecular flexibility index (Phi) is 2.57. The zero-order valence-corrected chi connectivity index (χ0v) is 8.90. The topological polar surface area (TPSA) is 29.3 Å². The molecule has 1 aromatic rings. The van der Waals surface area contributed by atoms with E-state index in [9.17, 15) is 0 Å². The first-order valence-corrected chi connectivity index (χ1v) is 5.16. The van der Waals surface area contributed by atoms with Crippen molar-refractivity contribution in [1.82, 2.24) is 4.90 Å². The van der Waals surface area contributed by atoms with Gasteiger partial charge in [-0.2, -0.15) is 0 Å². The molecular weight excluding hydrogens is 172 g/mol. The number of benzene rings is 1. The second-order valence-electron chi connectivity index (χ2n) is 4.45. The average Bonchev–Trinajstić information content (AvgIpc) is 2.44. The minimum Gasteiger partial charge on any atom is -0.324 e. The van der Waals surface area contributed by atoms with Crippen LogP contribution in [-0.4, -0.2) is 25.5 Å². The lowest BCUT2D eigenvalue weighted by Crippen LogP contribution is -2.28. The fourth-order valence-electron chi connectivity index (χ4n) is 2.36. The average molecular weight is 190 g/mol. The molecule has 2 nitrogen and oxygen atoms in total. The highest BCUT2D eigenvalue weighted by Crippen LogP contribution is 2.34. The van der Waals surface area contributed by atoms with Crippen LogP contribution in [0.3, 0.4) is 0 Å². The summed E-state index contributed by atoms with van der Waals surface area (Å²) in [7, 11) is 4.21. The van der Waals surface area contributed by atoms with Crippen LogP contribution < -0.4 is 5.73 Å². The molecule has 0 bridgehead atoms. The number of hydrogen-bond acceptors (Lipinski definition) is 2. The quantitative estimate of drug-likeness (QED) is 0.764. The summed E-state index contributed by atoms with van der Waals surface area (Å²) in [5, 5.41) is 0. The minimum absolute atomic E-state index is 0.230. The molecule has 2 unspecified atom stereocenters. The largest absolute Gasteiger partial charge is 0.324 e. The molecule has 76 valence electrons. The van der Waals surface area contributed by atoms with Gasteiger partial charge in [0.05, 0.1) is 0 Å². The highest BCUT2D eigenvalue weighted by Gasteiger charge is 2.29. The Bertz CT molecular complexity index is 320. The highest BCUT2D eigenvalue weighted by atomic mass is 15.1.